The second-order valence-corrected chi connectivity index (χ2v) is 8.99. The first-order chi connectivity index (χ1) is 14.4. The third kappa shape index (κ3) is 5.68. The lowest BCUT2D eigenvalue weighted by Gasteiger charge is -2.26. The van der Waals surface area contributed by atoms with E-state index in [1.807, 2.05) is 36.6 Å². The molecule has 1 atom stereocenters. The van der Waals surface area contributed by atoms with Crippen molar-refractivity contribution < 1.29 is 9.84 Å². The molecule has 8 heteroatoms. The van der Waals surface area contributed by atoms with E-state index in [-0.39, 0.29) is 5.56 Å². The van der Waals surface area contributed by atoms with E-state index < -0.39 is 6.10 Å². The maximum absolute atomic E-state index is 12.9. The van der Waals surface area contributed by atoms with Crippen LogP contribution < -0.4 is 5.56 Å². The van der Waals surface area contributed by atoms with Crippen LogP contribution in [-0.2, 0) is 11.3 Å². The van der Waals surface area contributed by atoms with Crippen molar-refractivity contribution in [2.45, 2.75) is 33.4 Å². The Kier molecular flexibility index (Phi) is 8.02. The number of hydrogen-bond acceptors (Lipinski definition) is 6. The number of nitrogens with one attached hydrogen (secondary N) is 1. The Labute approximate surface area is 185 Å². The lowest BCUT2D eigenvalue weighted by molar-refractivity contribution is 0.0170. The summed E-state index contributed by atoms with van der Waals surface area (Å²) in [6, 6.07) is 7.48. The molecular weight excluding hydrogens is 422 g/mol. The highest BCUT2D eigenvalue weighted by molar-refractivity contribution is 7.17. The predicted molar refractivity (Wildman–Crippen MR) is 123 cm³/mol. The highest BCUT2D eigenvalue weighted by atomic mass is 35.5. The van der Waals surface area contributed by atoms with E-state index in [0.717, 1.165) is 17.7 Å². The number of hydrogen-bond donors (Lipinski definition) is 2. The molecule has 1 aromatic carbocycles. The van der Waals surface area contributed by atoms with Crippen molar-refractivity contribution in [2.24, 2.45) is 5.92 Å². The van der Waals surface area contributed by atoms with Crippen LogP contribution in [0, 0.1) is 5.92 Å². The van der Waals surface area contributed by atoms with Gasteiger partial charge in [-0.15, -0.1) is 11.3 Å². The number of halogens is 1. The van der Waals surface area contributed by atoms with Crippen molar-refractivity contribution in [3.05, 3.63) is 50.8 Å². The van der Waals surface area contributed by atoms with Gasteiger partial charge in [-0.1, -0.05) is 43.6 Å². The summed E-state index contributed by atoms with van der Waals surface area (Å²) in [5.41, 5.74) is 1.45. The molecule has 0 bridgehead atoms. The van der Waals surface area contributed by atoms with Gasteiger partial charge in [0.05, 0.1) is 24.6 Å². The third-order valence-corrected chi connectivity index (χ3v) is 5.84. The molecule has 0 fully saturated rings. The summed E-state index contributed by atoms with van der Waals surface area (Å²) >= 11 is 7.77. The van der Waals surface area contributed by atoms with Gasteiger partial charge < -0.3 is 14.8 Å². The molecule has 0 spiro atoms. The summed E-state index contributed by atoms with van der Waals surface area (Å²) in [7, 11) is 0. The average Bonchev–Trinajstić information content (AvgIpc) is 3.10. The minimum absolute atomic E-state index is 0.175. The molecule has 0 aliphatic rings. The summed E-state index contributed by atoms with van der Waals surface area (Å²) < 4.78 is 5.32. The van der Waals surface area contributed by atoms with E-state index in [1.165, 1.54) is 11.3 Å². The van der Waals surface area contributed by atoms with Crippen LogP contribution >= 0.6 is 22.9 Å². The smallest absolute Gasteiger partial charge is 0.260 e. The fourth-order valence-corrected chi connectivity index (χ4v) is 4.68. The maximum Gasteiger partial charge on any atom is 0.260 e. The van der Waals surface area contributed by atoms with Crippen molar-refractivity contribution in [1.82, 2.24) is 14.9 Å². The van der Waals surface area contributed by atoms with Gasteiger partial charge in [0.2, 0.25) is 0 Å². The number of H-pyrrole nitrogens is 1. The Morgan fingerprint density at radius 3 is 2.73 bits per heavy atom. The number of aromatic nitrogens is 2. The summed E-state index contributed by atoms with van der Waals surface area (Å²) in [6.07, 6.45) is -0.590. The van der Waals surface area contributed by atoms with Crippen LogP contribution in [0.2, 0.25) is 5.02 Å². The number of rotatable bonds is 10. The molecule has 0 unspecified atom stereocenters. The van der Waals surface area contributed by atoms with Gasteiger partial charge in [-0.3, -0.25) is 9.69 Å². The zero-order valence-electron chi connectivity index (χ0n) is 17.5. The average molecular weight is 450 g/mol. The molecule has 162 valence electrons. The lowest BCUT2D eigenvalue weighted by atomic mass is 10.1. The van der Waals surface area contributed by atoms with Crippen molar-refractivity contribution in [3.8, 4) is 11.1 Å². The number of ether oxygens (including phenoxy) is 1. The molecule has 0 radical (unpaired) electrons. The van der Waals surface area contributed by atoms with Gasteiger partial charge in [-0.05, 0) is 18.9 Å². The Bertz CT molecular complexity index is 1030. The lowest BCUT2D eigenvalue weighted by Crippen LogP contribution is -2.37. The maximum atomic E-state index is 12.9. The van der Waals surface area contributed by atoms with E-state index in [4.69, 9.17) is 21.3 Å². The number of benzene rings is 1. The highest BCUT2D eigenvalue weighted by Gasteiger charge is 2.18. The molecular formula is C22H28ClN3O3S. The summed E-state index contributed by atoms with van der Waals surface area (Å²) in [5.74, 6) is 0.998. The van der Waals surface area contributed by atoms with Crippen LogP contribution in [0.4, 0.5) is 0 Å². The second kappa shape index (κ2) is 10.5. The Hall–Kier alpha value is -1.77. The molecule has 3 aromatic rings. The van der Waals surface area contributed by atoms with Crippen molar-refractivity contribution in [1.29, 1.82) is 0 Å². The molecule has 0 amide bonds. The van der Waals surface area contributed by atoms with Gasteiger partial charge in [0.1, 0.15) is 10.7 Å². The molecule has 3 rings (SSSR count). The first-order valence-electron chi connectivity index (χ1n) is 10.1. The molecule has 0 saturated carbocycles. The van der Waals surface area contributed by atoms with Crippen LogP contribution in [-0.4, -0.2) is 52.4 Å². The molecule has 0 aliphatic heterocycles. The number of aliphatic hydroxyl groups excluding tert-OH is 1. The Balaban J connectivity index is 1.87. The molecule has 2 N–H and O–H groups in total. The van der Waals surface area contributed by atoms with E-state index >= 15 is 0 Å². The number of aromatic amines is 1. The number of fused-ring (bicyclic) bond motifs is 1. The van der Waals surface area contributed by atoms with Crippen LogP contribution in [0.15, 0.2) is 34.4 Å². The zero-order chi connectivity index (χ0) is 21.7. The topological polar surface area (TPSA) is 78.5 Å². The molecule has 0 aliphatic carbocycles. The zero-order valence-corrected chi connectivity index (χ0v) is 19.1. The predicted octanol–water partition coefficient (Wildman–Crippen LogP) is 4.16. The van der Waals surface area contributed by atoms with Gasteiger partial charge in [-0.2, -0.15) is 0 Å². The number of aliphatic hydroxyl groups is 1. The van der Waals surface area contributed by atoms with Gasteiger partial charge in [-0.25, -0.2) is 4.98 Å². The first-order valence-corrected chi connectivity index (χ1v) is 11.4. The van der Waals surface area contributed by atoms with Gasteiger partial charge in [0.25, 0.3) is 5.56 Å². The minimum atomic E-state index is -0.590. The SMILES string of the molecule is CCOC[C@@H](O)CN(Cc1nc2scc(-c3ccccc3Cl)c2c(=O)[nH]1)CC(C)C. The van der Waals surface area contributed by atoms with E-state index in [0.29, 0.717) is 53.3 Å². The molecule has 6 nitrogen and oxygen atoms in total. The molecule has 0 saturated heterocycles. The normalized spacial score (nSPS) is 12.9. The third-order valence-electron chi connectivity index (χ3n) is 4.64. The Morgan fingerprint density at radius 2 is 2.03 bits per heavy atom. The van der Waals surface area contributed by atoms with Crippen LogP contribution in [0.5, 0.6) is 0 Å². The second-order valence-electron chi connectivity index (χ2n) is 7.72. The Morgan fingerprint density at radius 1 is 1.27 bits per heavy atom. The van der Waals surface area contributed by atoms with E-state index in [2.05, 4.69) is 23.7 Å². The largest absolute Gasteiger partial charge is 0.389 e. The number of thiophene rings is 1. The standard InChI is InChI=1S/C22H28ClN3O3S/c1-4-29-12-15(27)10-26(9-14(2)3)11-19-24-21(28)20-17(13-30-22(20)25-19)16-7-5-6-8-18(16)23/h5-8,13-15,27H,4,9-12H2,1-3H3,(H,24,25,28)/t15-/m0/s1. The molecule has 30 heavy (non-hydrogen) atoms. The van der Waals surface area contributed by atoms with Crippen LogP contribution in [0.25, 0.3) is 21.3 Å². The molecule has 2 heterocycles. The summed E-state index contributed by atoms with van der Waals surface area (Å²) in [4.78, 5) is 23.3. The van der Waals surface area contributed by atoms with Gasteiger partial charge in [0.15, 0.2) is 0 Å². The number of nitrogens with zero attached hydrogens (tertiary/aromatic N) is 2. The fraction of sp³-hybridized carbons (Fsp3) is 0.455. The summed E-state index contributed by atoms with van der Waals surface area (Å²) in [5, 5.41) is 13.3. The van der Waals surface area contributed by atoms with E-state index in [1.54, 1.807) is 0 Å². The van der Waals surface area contributed by atoms with Gasteiger partial charge in [0, 0.05) is 41.2 Å². The first kappa shape index (κ1) is 22.9. The van der Waals surface area contributed by atoms with Crippen molar-refractivity contribution in [2.75, 3.05) is 26.3 Å². The molecule has 2 aromatic heterocycles. The quantitative estimate of drug-likeness (QED) is 0.486. The highest BCUT2D eigenvalue weighted by Crippen LogP contribution is 2.34. The fourth-order valence-electron chi connectivity index (χ4n) is 3.48. The van der Waals surface area contributed by atoms with Gasteiger partial charge >= 0.3 is 0 Å². The minimum Gasteiger partial charge on any atom is -0.389 e. The van der Waals surface area contributed by atoms with E-state index in [9.17, 15) is 9.90 Å². The van der Waals surface area contributed by atoms with Crippen LogP contribution in [0.1, 0.15) is 26.6 Å². The van der Waals surface area contributed by atoms with Crippen molar-refractivity contribution in [3.63, 3.8) is 0 Å². The van der Waals surface area contributed by atoms with Crippen molar-refractivity contribution >= 4 is 33.2 Å². The van der Waals surface area contributed by atoms with Crippen LogP contribution in [0.3, 0.4) is 0 Å². The summed E-state index contributed by atoms with van der Waals surface area (Å²) in [6.45, 7) is 8.69. The monoisotopic (exact) mass is 449 g/mol.